The topological polar surface area (TPSA) is 89.3 Å². The van der Waals surface area contributed by atoms with Gasteiger partial charge in [0.05, 0.1) is 6.10 Å². The molecule has 3 atom stereocenters. The van der Waals surface area contributed by atoms with E-state index in [1.54, 1.807) is 6.92 Å². The highest BCUT2D eigenvalue weighted by atomic mass is 16.3. The van der Waals surface area contributed by atoms with Crippen LogP contribution >= 0.6 is 0 Å². The van der Waals surface area contributed by atoms with E-state index in [-0.39, 0.29) is 12.3 Å². The molecule has 0 fully saturated rings. The molecule has 4 nitrogen and oxygen atoms in total. The lowest BCUT2D eigenvalue weighted by atomic mass is 9.95. The van der Waals surface area contributed by atoms with Crippen LogP contribution < -0.4 is 11.5 Å². The number of aliphatic hydroxyl groups is 1. The van der Waals surface area contributed by atoms with Crippen LogP contribution in [0.3, 0.4) is 0 Å². The third-order valence-corrected chi connectivity index (χ3v) is 1.86. The second-order valence-electron chi connectivity index (χ2n) is 2.79. The van der Waals surface area contributed by atoms with Crippen molar-refractivity contribution in [2.24, 2.45) is 17.4 Å². The fourth-order valence-corrected chi connectivity index (χ4v) is 0.751. The lowest BCUT2D eigenvalue weighted by Crippen LogP contribution is -2.46. The van der Waals surface area contributed by atoms with Crippen molar-refractivity contribution >= 4 is 5.78 Å². The van der Waals surface area contributed by atoms with Gasteiger partial charge in [0.25, 0.3) is 0 Å². The highest BCUT2D eigenvalue weighted by Gasteiger charge is 2.23. The average Bonchev–Trinajstić information content (AvgIpc) is 2.00. The van der Waals surface area contributed by atoms with Gasteiger partial charge in [0.2, 0.25) is 0 Å². The van der Waals surface area contributed by atoms with E-state index in [0.29, 0.717) is 0 Å². The summed E-state index contributed by atoms with van der Waals surface area (Å²) >= 11 is 0. The molecule has 0 bridgehead atoms. The van der Waals surface area contributed by atoms with E-state index in [0.717, 1.165) is 0 Å². The van der Waals surface area contributed by atoms with Crippen molar-refractivity contribution in [2.45, 2.75) is 26.0 Å². The quantitative estimate of drug-likeness (QED) is 0.485. The molecule has 0 aromatic heterocycles. The van der Waals surface area contributed by atoms with Crippen LogP contribution in [0.25, 0.3) is 0 Å². The van der Waals surface area contributed by atoms with E-state index in [1.807, 2.05) is 0 Å². The predicted molar refractivity (Wildman–Crippen MR) is 42.9 cm³/mol. The van der Waals surface area contributed by atoms with Gasteiger partial charge in [-0.3, -0.25) is 4.79 Å². The number of Topliss-reactive ketones (excluding diaryl/α,β-unsaturated/α-hetero) is 1. The van der Waals surface area contributed by atoms with Crippen molar-refractivity contribution < 1.29 is 9.90 Å². The first-order chi connectivity index (χ1) is 5.00. The fraction of sp³-hybridized carbons (Fsp3) is 0.857. The Hall–Kier alpha value is -0.450. The van der Waals surface area contributed by atoms with Gasteiger partial charge in [-0.15, -0.1) is 0 Å². The molecule has 0 aliphatic heterocycles. The smallest absolute Gasteiger partial charge is 0.135 e. The van der Waals surface area contributed by atoms with Crippen LogP contribution in [0.4, 0.5) is 0 Å². The summed E-state index contributed by atoms with van der Waals surface area (Å²) in [5.41, 5.74) is 10.6. The minimum absolute atomic E-state index is 0.0681. The van der Waals surface area contributed by atoms with Gasteiger partial charge >= 0.3 is 0 Å². The van der Waals surface area contributed by atoms with Crippen LogP contribution in [-0.2, 0) is 4.79 Å². The van der Waals surface area contributed by atoms with Gasteiger partial charge in [-0.1, -0.05) is 6.92 Å². The van der Waals surface area contributed by atoms with Crippen molar-refractivity contribution in [3.05, 3.63) is 0 Å². The summed E-state index contributed by atoms with van der Waals surface area (Å²) in [7, 11) is 0. The Kier molecular flexibility index (Phi) is 4.25. The van der Waals surface area contributed by atoms with Crippen molar-refractivity contribution in [3.8, 4) is 0 Å². The Morgan fingerprint density at radius 3 is 2.36 bits per heavy atom. The highest BCUT2D eigenvalue weighted by Crippen LogP contribution is 2.06. The van der Waals surface area contributed by atoms with Gasteiger partial charge in [-0.05, 0) is 6.92 Å². The number of carbonyl (C=O) groups excluding carboxylic acids is 1. The number of aliphatic hydroxyl groups excluding tert-OH is 1. The van der Waals surface area contributed by atoms with Gasteiger partial charge in [0, 0.05) is 18.5 Å². The Morgan fingerprint density at radius 2 is 2.09 bits per heavy atom. The second kappa shape index (κ2) is 4.43. The molecule has 66 valence electrons. The van der Waals surface area contributed by atoms with Crippen LogP contribution in [0.1, 0.15) is 13.8 Å². The third-order valence-electron chi connectivity index (χ3n) is 1.86. The molecule has 0 aliphatic carbocycles. The Bertz CT molecular complexity index is 138. The molecule has 0 aliphatic rings. The molecule has 3 unspecified atom stereocenters. The van der Waals surface area contributed by atoms with Crippen molar-refractivity contribution in [2.75, 3.05) is 6.54 Å². The van der Waals surface area contributed by atoms with Crippen molar-refractivity contribution in [3.63, 3.8) is 0 Å². The van der Waals surface area contributed by atoms with Crippen LogP contribution in [0.2, 0.25) is 0 Å². The summed E-state index contributed by atoms with van der Waals surface area (Å²) in [5, 5.41) is 9.33. The monoisotopic (exact) mass is 160 g/mol. The number of hydrogen-bond donors (Lipinski definition) is 3. The standard InChI is InChI=1S/C7H16N2O2/c1-4(5(2)10)7(11)6(9)3-8/h4,6-7,11H,3,8-9H2,1-2H3. The number of carbonyl (C=O) groups is 1. The molecule has 0 amide bonds. The first kappa shape index (κ1) is 10.6. The molecule has 0 saturated heterocycles. The first-order valence-electron chi connectivity index (χ1n) is 3.64. The first-order valence-corrected chi connectivity index (χ1v) is 3.64. The maximum absolute atomic E-state index is 10.7. The zero-order valence-electron chi connectivity index (χ0n) is 6.95. The summed E-state index contributed by atoms with van der Waals surface area (Å²) in [6.07, 6.45) is -0.822. The largest absolute Gasteiger partial charge is 0.391 e. The van der Waals surface area contributed by atoms with Crippen molar-refractivity contribution in [1.82, 2.24) is 0 Å². The van der Waals surface area contributed by atoms with E-state index in [1.165, 1.54) is 6.92 Å². The Balaban J connectivity index is 4.00. The van der Waals surface area contributed by atoms with Crippen LogP contribution in [0.15, 0.2) is 0 Å². The molecule has 4 heteroatoms. The normalized spacial score (nSPS) is 19.0. The lowest BCUT2D eigenvalue weighted by molar-refractivity contribution is -0.123. The minimum Gasteiger partial charge on any atom is -0.391 e. The third kappa shape index (κ3) is 2.96. The minimum atomic E-state index is -0.822. The van der Waals surface area contributed by atoms with Crippen LogP contribution in [0, 0.1) is 5.92 Å². The molecule has 0 aromatic carbocycles. The number of hydrogen-bond acceptors (Lipinski definition) is 4. The number of ketones is 1. The van der Waals surface area contributed by atoms with Crippen LogP contribution in [0.5, 0.6) is 0 Å². The zero-order valence-corrected chi connectivity index (χ0v) is 6.95. The second-order valence-corrected chi connectivity index (χ2v) is 2.79. The molecule has 0 rings (SSSR count). The fourth-order valence-electron chi connectivity index (χ4n) is 0.751. The highest BCUT2D eigenvalue weighted by molar-refractivity contribution is 5.78. The number of nitrogens with two attached hydrogens (primary N) is 2. The van der Waals surface area contributed by atoms with E-state index in [4.69, 9.17) is 11.5 Å². The molecule has 0 saturated carbocycles. The number of rotatable bonds is 4. The summed E-state index contributed by atoms with van der Waals surface area (Å²) in [6.45, 7) is 3.26. The van der Waals surface area contributed by atoms with E-state index >= 15 is 0 Å². The molecule has 0 radical (unpaired) electrons. The molecule has 11 heavy (non-hydrogen) atoms. The maximum Gasteiger partial charge on any atom is 0.135 e. The van der Waals surface area contributed by atoms with Gasteiger partial charge < -0.3 is 16.6 Å². The van der Waals surface area contributed by atoms with Gasteiger partial charge in [-0.2, -0.15) is 0 Å². The van der Waals surface area contributed by atoms with Crippen molar-refractivity contribution in [1.29, 1.82) is 0 Å². The molecule has 0 aromatic rings. The van der Waals surface area contributed by atoms with Crippen LogP contribution in [-0.4, -0.2) is 29.6 Å². The zero-order chi connectivity index (χ0) is 9.02. The molecular weight excluding hydrogens is 144 g/mol. The molecular formula is C7H16N2O2. The molecule has 5 N–H and O–H groups in total. The summed E-state index contributed by atoms with van der Waals surface area (Å²) in [4.78, 5) is 10.7. The van der Waals surface area contributed by atoms with Gasteiger partial charge in [-0.25, -0.2) is 0 Å². The summed E-state index contributed by atoms with van der Waals surface area (Å²) < 4.78 is 0. The van der Waals surface area contributed by atoms with Gasteiger partial charge in [0.1, 0.15) is 5.78 Å². The Labute approximate surface area is 66.6 Å². The lowest BCUT2D eigenvalue weighted by Gasteiger charge is -2.21. The average molecular weight is 160 g/mol. The summed E-state index contributed by atoms with van der Waals surface area (Å²) in [5.74, 6) is -0.491. The maximum atomic E-state index is 10.7. The van der Waals surface area contributed by atoms with E-state index < -0.39 is 18.1 Å². The van der Waals surface area contributed by atoms with Gasteiger partial charge in [0.15, 0.2) is 0 Å². The summed E-state index contributed by atoms with van der Waals surface area (Å²) in [6, 6.07) is -0.506. The van der Waals surface area contributed by atoms with E-state index in [2.05, 4.69) is 0 Å². The molecule has 0 spiro atoms. The van der Waals surface area contributed by atoms with E-state index in [9.17, 15) is 9.90 Å². The Morgan fingerprint density at radius 1 is 1.64 bits per heavy atom. The SMILES string of the molecule is CC(=O)C(C)C(O)C(N)CN. The molecule has 0 heterocycles. The predicted octanol–water partition coefficient (Wildman–Crippen LogP) is -1.14.